The van der Waals surface area contributed by atoms with Crippen molar-refractivity contribution in [3.63, 3.8) is 0 Å². The van der Waals surface area contributed by atoms with Crippen molar-refractivity contribution in [3.8, 4) is 0 Å². The van der Waals surface area contributed by atoms with E-state index < -0.39 is 0 Å². The molecule has 0 bridgehead atoms. The Morgan fingerprint density at radius 1 is 1.33 bits per heavy atom. The van der Waals surface area contributed by atoms with Gasteiger partial charge in [-0.1, -0.05) is 0 Å². The minimum absolute atomic E-state index is 0.0982. The Bertz CT molecular complexity index is 492. The van der Waals surface area contributed by atoms with Gasteiger partial charge >= 0.3 is 0 Å². The highest BCUT2D eigenvalue weighted by molar-refractivity contribution is 5.80. The fraction of sp³-hybridized carbons (Fsp3) is 0.625. The van der Waals surface area contributed by atoms with Crippen LogP contribution >= 0.6 is 0 Å². The van der Waals surface area contributed by atoms with E-state index in [0.29, 0.717) is 6.04 Å². The highest BCUT2D eigenvalue weighted by atomic mass is 16.5. The summed E-state index contributed by atoms with van der Waals surface area (Å²) in [6.45, 7) is 1.99. The van der Waals surface area contributed by atoms with Crippen molar-refractivity contribution in [3.05, 3.63) is 30.1 Å². The molecule has 1 aromatic rings. The van der Waals surface area contributed by atoms with E-state index in [1.165, 1.54) is 5.56 Å². The average Bonchev–Trinajstić information content (AvgIpc) is 2.90. The van der Waals surface area contributed by atoms with Crippen LogP contribution in [0.1, 0.15) is 24.8 Å². The standard InChI is InChI=1S/C16H23N3O2/c1-18(2)16(20)15-4-3-13-14(21-15)7-10-19(13)11-12-5-8-17-9-6-12/h5-6,8-9,13-15H,3-4,7,10-11H2,1-2H3/t13-,14-,15+/m1/s1. The van der Waals surface area contributed by atoms with Crippen LogP contribution in [0.5, 0.6) is 0 Å². The average molecular weight is 289 g/mol. The summed E-state index contributed by atoms with van der Waals surface area (Å²) in [7, 11) is 3.59. The Balaban J connectivity index is 1.61. The summed E-state index contributed by atoms with van der Waals surface area (Å²) in [4.78, 5) is 20.2. The fourth-order valence-electron chi connectivity index (χ4n) is 3.40. The molecule has 21 heavy (non-hydrogen) atoms. The van der Waals surface area contributed by atoms with E-state index in [4.69, 9.17) is 4.74 Å². The number of likely N-dealkylation sites (N-methyl/N-ethyl adjacent to an activating group) is 1. The van der Waals surface area contributed by atoms with Crippen LogP contribution in [0.3, 0.4) is 0 Å². The van der Waals surface area contributed by atoms with Gasteiger partial charge in [0, 0.05) is 45.6 Å². The number of carbonyl (C=O) groups is 1. The van der Waals surface area contributed by atoms with Gasteiger partial charge in [0.05, 0.1) is 6.10 Å². The molecule has 3 heterocycles. The second-order valence-electron chi connectivity index (χ2n) is 6.16. The molecule has 2 saturated heterocycles. The summed E-state index contributed by atoms with van der Waals surface area (Å²) in [6, 6.07) is 4.58. The highest BCUT2D eigenvalue weighted by Crippen LogP contribution is 2.32. The van der Waals surface area contributed by atoms with Crippen molar-refractivity contribution in [2.75, 3.05) is 20.6 Å². The molecule has 0 spiro atoms. The number of rotatable bonds is 3. The van der Waals surface area contributed by atoms with E-state index in [1.807, 2.05) is 12.4 Å². The van der Waals surface area contributed by atoms with E-state index >= 15 is 0 Å². The van der Waals surface area contributed by atoms with Crippen LogP contribution in [0.2, 0.25) is 0 Å². The summed E-state index contributed by atoms with van der Waals surface area (Å²) in [5.41, 5.74) is 1.29. The zero-order chi connectivity index (χ0) is 14.8. The van der Waals surface area contributed by atoms with Crippen LogP contribution in [0.4, 0.5) is 0 Å². The number of carbonyl (C=O) groups excluding carboxylic acids is 1. The molecule has 114 valence electrons. The Labute approximate surface area is 125 Å². The third-order valence-electron chi connectivity index (χ3n) is 4.51. The summed E-state index contributed by atoms with van der Waals surface area (Å²) in [5.74, 6) is 0.0982. The third kappa shape index (κ3) is 3.09. The molecule has 2 aliphatic rings. The minimum Gasteiger partial charge on any atom is -0.363 e. The number of amides is 1. The van der Waals surface area contributed by atoms with Gasteiger partial charge in [0.25, 0.3) is 5.91 Å². The van der Waals surface area contributed by atoms with Crippen LogP contribution in [0, 0.1) is 0 Å². The van der Waals surface area contributed by atoms with E-state index in [-0.39, 0.29) is 18.1 Å². The van der Waals surface area contributed by atoms with Crippen molar-refractivity contribution < 1.29 is 9.53 Å². The van der Waals surface area contributed by atoms with Crippen LogP contribution in [-0.4, -0.2) is 59.6 Å². The number of aromatic nitrogens is 1. The first kappa shape index (κ1) is 14.5. The van der Waals surface area contributed by atoms with E-state index in [2.05, 4.69) is 22.0 Å². The molecule has 2 aliphatic heterocycles. The molecular formula is C16H23N3O2. The number of nitrogens with zero attached hydrogens (tertiary/aromatic N) is 3. The maximum Gasteiger partial charge on any atom is 0.251 e. The predicted molar refractivity (Wildman–Crippen MR) is 79.6 cm³/mol. The van der Waals surface area contributed by atoms with Crippen LogP contribution in [-0.2, 0) is 16.1 Å². The second-order valence-corrected chi connectivity index (χ2v) is 6.16. The second kappa shape index (κ2) is 6.12. The van der Waals surface area contributed by atoms with Crippen LogP contribution < -0.4 is 0 Å². The predicted octanol–water partition coefficient (Wildman–Crippen LogP) is 1.29. The van der Waals surface area contributed by atoms with Gasteiger partial charge in [0.15, 0.2) is 0 Å². The summed E-state index contributed by atoms with van der Waals surface area (Å²) >= 11 is 0. The van der Waals surface area contributed by atoms with Crippen molar-refractivity contribution in [1.82, 2.24) is 14.8 Å². The number of ether oxygens (including phenoxy) is 1. The Morgan fingerprint density at radius 3 is 2.81 bits per heavy atom. The van der Waals surface area contributed by atoms with Crippen LogP contribution in [0.15, 0.2) is 24.5 Å². The molecule has 0 unspecified atom stereocenters. The summed E-state index contributed by atoms with van der Waals surface area (Å²) in [6.07, 6.45) is 6.52. The Morgan fingerprint density at radius 2 is 2.10 bits per heavy atom. The lowest BCUT2D eigenvalue weighted by Crippen LogP contribution is -2.47. The molecule has 0 saturated carbocycles. The molecule has 5 nitrogen and oxygen atoms in total. The molecule has 3 rings (SSSR count). The Hall–Kier alpha value is -1.46. The molecule has 1 aromatic heterocycles. The molecule has 0 aromatic carbocycles. The molecule has 0 aliphatic carbocycles. The molecule has 3 atom stereocenters. The fourth-order valence-corrected chi connectivity index (χ4v) is 3.40. The van der Waals surface area contributed by atoms with E-state index in [1.54, 1.807) is 19.0 Å². The van der Waals surface area contributed by atoms with Gasteiger partial charge in [-0.2, -0.15) is 0 Å². The van der Waals surface area contributed by atoms with Crippen molar-refractivity contribution in [1.29, 1.82) is 0 Å². The number of hydrogen-bond acceptors (Lipinski definition) is 4. The van der Waals surface area contributed by atoms with Gasteiger partial charge in [-0.05, 0) is 37.0 Å². The first-order chi connectivity index (χ1) is 10.1. The molecule has 1 amide bonds. The highest BCUT2D eigenvalue weighted by Gasteiger charge is 2.41. The van der Waals surface area contributed by atoms with E-state index in [0.717, 1.165) is 32.4 Å². The minimum atomic E-state index is -0.248. The number of fused-ring (bicyclic) bond motifs is 1. The molecular weight excluding hydrogens is 266 g/mol. The maximum absolute atomic E-state index is 12.0. The van der Waals surface area contributed by atoms with Gasteiger partial charge < -0.3 is 9.64 Å². The first-order valence-electron chi connectivity index (χ1n) is 7.64. The molecule has 0 radical (unpaired) electrons. The molecule has 0 N–H and O–H groups in total. The molecule has 5 heteroatoms. The summed E-state index contributed by atoms with van der Waals surface area (Å²) < 4.78 is 6.06. The van der Waals surface area contributed by atoms with Gasteiger partial charge in [-0.15, -0.1) is 0 Å². The smallest absolute Gasteiger partial charge is 0.251 e. The van der Waals surface area contributed by atoms with Crippen molar-refractivity contribution in [2.24, 2.45) is 0 Å². The SMILES string of the molecule is CN(C)C(=O)[C@@H]1CC[C@@H]2[C@@H](CCN2Cc2ccncc2)O1. The Kier molecular flexibility index (Phi) is 4.22. The quantitative estimate of drug-likeness (QED) is 0.841. The van der Waals surface area contributed by atoms with Gasteiger partial charge in [0.1, 0.15) is 6.10 Å². The normalized spacial score (nSPS) is 29.1. The zero-order valence-electron chi connectivity index (χ0n) is 12.7. The lowest BCUT2D eigenvalue weighted by Gasteiger charge is -2.36. The maximum atomic E-state index is 12.0. The first-order valence-corrected chi connectivity index (χ1v) is 7.64. The lowest BCUT2D eigenvalue weighted by molar-refractivity contribution is -0.152. The number of pyridine rings is 1. The topological polar surface area (TPSA) is 45.7 Å². The van der Waals surface area contributed by atoms with E-state index in [9.17, 15) is 4.79 Å². The van der Waals surface area contributed by atoms with Gasteiger partial charge in [-0.25, -0.2) is 0 Å². The number of hydrogen-bond donors (Lipinski definition) is 0. The van der Waals surface area contributed by atoms with Gasteiger partial charge in [0.2, 0.25) is 0 Å². The molecule has 2 fully saturated rings. The van der Waals surface area contributed by atoms with Crippen LogP contribution in [0.25, 0.3) is 0 Å². The lowest BCUT2D eigenvalue weighted by atomic mass is 9.98. The summed E-state index contributed by atoms with van der Waals surface area (Å²) in [5, 5.41) is 0. The number of likely N-dealkylation sites (tertiary alicyclic amines) is 1. The van der Waals surface area contributed by atoms with Crippen molar-refractivity contribution >= 4 is 5.91 Å². The zero-order valence-corrected chi connectivity index (χ0v) is 12.7. The largest absolute Gasteiger partial charge is 0.363 e. The van der Waals surface area contributed by atoms with Crippen molar-refractivity contribution in [2.45, 2.75) is 44.1 Å². The van der Waals surface area contributed by atoms with Gasteiger partial charge in [-0.3, -0.25) is 14.7 Å². The third-order valence-corrected chi connectivity index (χ3v) is 4.51. The monoisotopic (exact) mass is 289 g/mol.